The van der Waals surface area contributed by atoms with E-state index in [1.165, 1.54) is 0 Å². The van der Waals surface area contributed by atoms with Crippen LogP contribution in [0.1, 0.15) is 20.8 Å². The van der Waals surface area contributed by atoms with E-state index in [1.807, 2.05) is 19.0 Å². The molecule has 1 atom stereocenters. The molecular weight excluding hydrogens is 206 g/mol. The lowest BCUT2D eigenvalue weighted by Crippen LogP contribution is -2.50. The lowest BCUT2D eigenvalue weighted by molar-refractivity contribution is -0.130. The van der Waals surface area contributed by atoms with Gasteiger partial charge in [-0.1, -0.05) is 0 Å². The molecule has 4 N–H and O–H groups in total. The minimum absolute atomic E-state index is 0.131. The van der Waals surface area contributed by atoms with Gasteiger partial charge >= 0.3 is 0 Å². The molecule has 0 aliphatic heterocycles. The molecule has 0 saturated heterocycles. The Morgan fingerprint density at radius 2 is 1.88 bits per heavy atom. The summed E-state index contributed by atoms with van der Waals surface area (Å²) in [6.07, 6.45) is 0. The molecule has 0 aromatic rings. The summed E-state index contributed by atoms with van der Waals surface area (Å²) >= 11 is 0. The van der Waals surface area contributed by atoms with E-state index >= 15 is 0 Å². The molecule has 5 nitrogen and oxygen atoms in total. The van der Waals surface area contributed by atoms with Crippen LogP contribution in [0.2, 0.25) is 0 Å². The van der Waals surface area contributed by atoms with Crippen LogP contribution in [0.3, 0.4) is 0 Å². The Morgan fingerprint density at radius 3 is 2.25 bits per heavy atom. The van der Waals surface area contributed by atoms with Gasteiger partial charge in [0.2, 0.25) is 5.91 Å². The highest BCUT2D eigenvalue weighted by molar-refractivity contribution is 5.82. The zero-order valence-electron chi connectivity index (χ0n) is 11.0. The molecule has 1 unspecified atom stereocenters. The molecule has 96 valence electrons. The Balaban J connectivity index is 4.19. The van der Waals surface area contributed by atoms with E-state index in [9.17, 15) is 9.90 Å². The average Bonchev–Trinajstić information content (AvgIpc) is 2.12. The number of nitrogens with two attached hydrogens (primary N) is 1. The number of rotatable bonds is 6. The standard InChI is InChI=1S/C11H25N3O2/c1-10(2,6-12)9(15)13-7-11(3,16)8-14(4)5/h16H,6-8,12H2,1-5H3,(H,13,15). The van der Waals surface area contributed by atoms with Crippen molar-refractivity contribution in [1.82, 2.24) is 10.2 Å². The van der Waals surface area contributed by atoms with Crippen LogP contribution in [0.4, 0.5) is 0 Å². The second kappa shape index (κ2) is 5.61. The van der Waals surface area contributed by atoms with Crippen molar-refractivity contribution < 1.29 is 9.90 Å². The van der Waals surface area contributed by atoms with E-state index in [0.717, 1.165) is 0 Å². The van der Waals surface area contributed by atoms with E-state index in [1.54, 1.807) is 20.8 Å². The largest absolute Gasteiger partial charge is 0.387 e. The highest BCUT2D eigenvalue weighted by atomic mass is 16.3. The van der Waals surface area contributed by atoms with Gasteiger partial charge in [-0.2, -0.15) is 0 Å². The van der Waals surface area contributed by atoms with Crippen molar-refractivity contribution in [1.29, 1.82) is 0 Å². The predicted molar refractivity (Wildman–Crippen MR) is 65.0 cm³/mol. The van der Waals surface area contributed by atoms with Gasteiger partial charge < -0.3 is 21.1 Å². The van der Waals surface area contributed by atoms with Gasteiger partial charge in [0.05, 0.1) is 11.0 Å². The normalized spacial score (nSPS) is 16.0. The number of likely N-dealkylation sites (N-methyl/N-ethyl adjacent to an activating group) is 1. The minimum atomic E-state index is -0.927. The molecule has 0 radical (unpaired) electrons. The van der Waals surface area contributed by atoms with Crippen molar-refractivity contribution >= 4 is 5.91 Å². The monoisotopic (exact) mass is 231 g/mol. The fraction of sp³-hybridized carbons (Fsp3) is 0.909. The smallest absolute Gasteiger partial charge is 0.227 e. The van der Waals surface area contributed by atoms with E-state index in [0.29, 0.717) is 6.54 Å². The van der Waals surface area contributed by atoms with Gasteiger partial charge in [-0.3, -0.25) is 4.79 Å². The first-order valence-corrected chi connectivity index (χ1v) is 5.46. The van der Waals surface area contributed by atoms with Crippen molar-refractivity contribution in [2.45, 2.75) is 26.4 Å². The summed E-state index contributed by atoms with van der Waals surface area (Å²) in [5.74, 6) is -0.131. The number of nitrogens with one attached hydrogen (secondary N) is 1. The van der Waals surface area contributed by atoms with E-state index in [4.69, 9.17) is 5.73 Å². The maximum absolute atomic E-state index is 11.7. The molecule has 0 spiro atoms. The first-order chi connectivity index (χ1) is 7.10. The van der Waals surface area contributed by atoms with Crippen LogP contribution >= 0.6 is 0 Å². The second-order valence-electron chi connectivity index (χ2n) is 5.51. The topological polar surface area (TPSA) is 78.6 Å². The summed E-state index contributed by atoms with van der Waals surface area (Å²) < 4.78 is 0. The zero-order valence-corrected chi connectivity index (χ0v) is 11.0. The van der Waals surface area contributed by atoms with Gasteiger partial charge in [-0.05, 0) is 34.9 Å². The van der Waals surface area contributed by atoms with E-state index < -0.39 is 11.0 Å². The quantitative estimate of drug-likeness (QED) is 0.570. The van der Waals surface area contributed by atoms with Crippen LogP contribution in [0.15, 0.2) is 0 Å². The van der Waals surface area contributed by atoms with Crippen LogP contribution < -0.4 is 11.1 Å². The van der Waals surface area contributed by atoms with Crippen LogP contribution in [-0.2, 0) is 4.79 Å². The van der Waals surface area contributed by atoms with Crippen molar-refractivity contribution in [2.24, 2.45) is 11.1 Å². The summed E-state index contributed by atoms with van der Waals surface area (Å²) in [4.78, 5) is 13.6. The highest BCUT2D eigenvalue weighted by Gasteiger charge is 2.28. The van der Waals surface area contributed by atoms with Crippen LogP contribution in [0, 0.1) is 5.41 Å². The third kappa shape index (κ3) is 5.44. The lowest BCUT2D eigenvalue weighted by Gasteiger charge is -2.29. The number of aliphatic hydroxyl groups is 1. The van der Waals surface area contributed by atoms with Crippen molar-refractivity contribution in [2.75, 3.05) is 33.7 Å². The van der Waals surface area contributed by atoms with Gasteiger partial charge in [0, 0.05) is 19.6 Å². The molecule has 16 heavy (non-hydrogen) atoms. The molecule has 0 aromatic heterocycles. The number of carbonyl (C=O) groups excluding carboxylic acids is 1. The van der Waals surface area contributed by atoms with Crippen molar-refractivity contribution in [3.63, 3.8) is 0 Å². The summed E-state index contributed by atoms with van der Waals surface area (Å²) in [6.45, 7) is 6.27. The average molecular weight is 231 g/mol. The molecule has 0 bridgehead atoms. The number of nitrogens with zero attached hydrogens (tertiary/aromatic N) is 1. The minimum Gasteiger partial charge on any atom is -0.387 e. The SMILES string of the molecule is CN(C)CC(C)(O)CNC(=O)C(C)(C)CN. The molecule has 0 rings (SSSR count). The summed E-state index contributed by atoms with van der Waals surface area (Å²) in [5.41, 5.74) is 3.98. The Kier molecular flexibility index (Phi) is 5.38. The maximum Gasteiger partial charge on any atom is 0.227 e. The fourth-order valence-electron chi connectivity index (χ4n) is 1.34. The molecule has 0 aliphatic rings. The number of carbonyl (C=O) groups is 1. The third-order valence-corrected chi connectivity index (χ3v) is 2.41. The molecule has 0 fully saturated rings. The fourth-order valence-corrected chi connectivity index (χ4v) is 1.34. The van der Waals surface area contributed by atoms with Gasteiger partial charge in [0.1, 0.15) is 0 Å². The lowest BCUT2D eigenvalue weighted by atomic mass is 9.92. The van der Waals surface area contributed by atoms with Gasteiger partial charge in [-0.15, -0.1) is 0 Å². The van der Waals surface area contributed by atoms with Crippen molar-refractivity contribution in [3.8, 4) is 0 Å². The van der Waals surface area contributed by atoms with Gasteiger partial charge in [-0.25, -0.2) is 0 Å². The second-order valence-corrected chi connectivity index (χ2v) is 5.51. The summed E-state index contributed by atoms with van der Waals surface area (Å²) in [7, 11) is 3.75. The summed E-state index contributed by atoms with van der Waals surface area (Å²) in [6, 6.07) is 0. The first-order valence-electron chi connectivity index (χ1n) is 5.46. The molecule has 1 amide bonds. The molecule has 0 aliphatic carbocycles. The highest BCUT2D eigenvalue weighted by Crippen LogP contribution is 2.13. The molecule has 0 saturated carbocycles. The van der Waals surface area contributed by atoms with Gasteiger partial charge in [0.25, 0.3) is 0 Å². The Hall–Kier alpha value is -0.650. The molecule has 0 heterocycles. The zero-order chi connectivity index (χ0) is 13.0. The maximum atomic E-state index is 11.7. The molecule has 5 heteroatoms. The first kappa shape index (κ1) is 15.3. The number of amides is 1. The Bertz CT molecular complexity index is 237. The third-order valence-electron chi connectivity index (χ3n) is 2.41. The molecule has 0 aromatic carbocycles. The number of hydrogen-bond donors (Lipinski definition) is 3. The van der Waals surface area contributed by atoms with Crippen LogP contribution in [0.5, 0.6) is 0 Å². The molecular formula is C11H25N3O2. The summed E-state index contributed by atoms with van der Waals surface area (Å²) in [5, 5.41) is 12.7. The van der Waals surface area contributed by atoms with Crippen LogP contribution in [-0.4, -0.2) is 55.2 Å². The van der Waals surface area contributed by atoms with Crippen molar-refractivity contribution in [3.05, 3.63) is 0 Å². The Morgan fingerprint density at radius 1 is 1.38 bits per heavy atom. The van der Waals surface area contributed by atoms with Gasteiger partial charge in [0.15, 0.2) is 0 Å². The number of hydrogen-bond acceptors (Lipinski definition) is 4. The van der Waals surface area contributed by atoms with E-state index in [-0.39, 0.29) is 19.0 Å². The van der Waals surface area contributed by atoms with E-state index in [2.05, 4.69) is 5.32 Å². The van der Waals surface area contributed by atoms with Crippen LogP contribution in [0.25, 0.3) is 0 Å². The predicted octanol–water partition coefficient (Wildman–Crippen LogP) is -0.600. The Labute approximate surface area is 98.0 Å².